The molecule has 0 bridgehead atoms. The predicted molar refractivity (Wildman–Crippen MR) is 55.8 cm³/mol. The summed E-state index contributed by atoms with van der Waals surface area (Å²) in [5.74, 6) is -0.0894. The van der Waals surface area contributed by atoms with E-state index in [0.717, 1.165) is 5.56 Å². The van der Waals surface area contributed by atoms with E-state index >= 15 is 0 Å². The lowest BCUT2D eigenvalue weighted by molar-refractivity contribution is 0.0942. The highest BCUT2D eigenvalue weighted by atomic mass is 16.5. The Hall–Kier alpha value is -2.30. The van der Waals surface area contributed by atoms with Gasteiger partial charge in [-0.05, 0) is 17.7 Å². The average molecular weight is 218 g/mol. The van der Waals surface area contributed by atoms with Crippen LogP contribution in [-0.2, 0) is 6.54 Å². The number of phenolic OH excluding ortho intramolecular Hbond substituents is 1. The van der Waals surface area contributed by atoms with E-state index in [1.54, 1.807) is 24.3 Å². The van der Waals surface area contributed by atoms with E-state index in [4.69, 9.17) is 5.11 Å². The smallest absolute Gasteiger partial charge is 0.273 e. The Balaban J connectivity index is 1.93. The molecular weight excluding hydrogens is 208 g/mol. The maximum atomic E-state index is 11.5. The summed E-state index contributed by atoms with van der Waals surface area (Å²) < 4.78 is 4.56. The highest BCUT2D eigenvalue weighted by Crippen LogP contribution is 2.09. The molecule has 2 rings (SSSR count). The Kier molecular flexibility index (Phi) is 2.86. The van der Waals surface area contributed by atoms with Gasteiger partial charge in [0.05, 0.1) is 0 Å². The van der Waals surface area contributed by atoms with E-state index in [2.05, 4.69) is 15.0 Å². The molecule has 1 aromatic heterocycles. The normalized spacial score (nSPS) is 10.0. The number of hydrogen-bond acceptors (Lipinski definition) is 4. The van der Waals surface area contributed by atoms with Crippen LogP contribution in [0, 0.1) is 0 Å². The molecule has 16 heavy (non-hydrogen) atoms. The van der Waals surface area contributed by atoms with E-state index in [1.165, 1.54) is 12.3 Å². The Morgan fingerprint density at radius 3 is 2.69 bits per heavy atom. The number of amides is 1. The molecule has 0 spiro atoms. The molecule has 2 aromatic rings. The van der Waals surface area contributed by atoms with Gasteiger partial charge in [-0.3, -0.25) is 4.79 Å². The van der Waals surface area contributed by atoms with Crippen LogP contribution < -0.4 is 5.32 Å². The molecule has 5 nitrogen and oxygen atoms in total. The van der Waals surface area contributed by atoms with Crippen LogP contribution >= 0.6 is 0 Å². The zero-order valence-corrected chi connectivity index (χ0v) is 8.38. The standard InChI is InChI=1S/C11H10N2O3/c14-9-3-1-8(2-4-9)7-12-11(15)10-5-6-16-13-10/h1-6,14H,7H2,(H,12,15). The number of nitrogens with zero attached hydrogens (tertiary/aromatic N) is 1. The van der Waals surface area contributed by atoms with Crippen LogP contribution in [0.5, 0.6) is 5.75 Å². The largest absolute Gasteiger partial charge is 0.508 e. The quantitative estimate of drug-likeness (QED) is 0.814. The first-order valence-electron chi connectivity index (χ1n) is 4.72. The third kappa shape index (κ3) is 2.38. The highest BCUT2D eigenvalue weighted by molar-refractivity contribution is 5.91. The van der Waals surface area contributed by atoms with Crippen molar-refractivity contribution in [2.75, 3.05) is 0 Å². The summed E-state index contributed by atoms with van der Waals surface area (Å²) >= 11 is 0. The minimum absolute atomic E-state index is 0.201. The van der Waals surface area contributed by atoms with Crippen molar-refractivity contribution < 1.29 is 14.4 Å². The number of carbonyl (C=O) groups is 1. The monoisotopic (exact) mass is 218 g/mol. The topological polar surface area (TPSA) is 75.4 Å². The summed E-state index contributed by atoms with van der Waals surface area (Å²) in [5, 5.41) is 15.3. The predicted octanol–water partition coefficient (Wildman–Crippen LogP) is 1.31. The van der Waals surface area contributed by atoms with Crippen molar-refractivity contribution in [3.8, 4) is 5.75 Å². The Morgan fingerprint density at radius 2 is 2.06 bits per heavy atom. The molecular formula is C11H10N2O3. The van der Waals surface area contributed by atoms with Gasteiger partial charge in [-0.1, -0.05) is 17.3 Å². The third-order valence-corrected chi connectivity index (χ3v) is 2.06. The fourth-order valence-corrected chi connectivity index (χ4v) is 1.22. The first kappa shape index (κ1) is 10.2. The van der Waals surface area contributed by atoms with Crippen molar-refractivity contribution in [3.05, 3.63) is 47.9 Å². The summed E-state index contributed by atoms with van der Waals surface area (Å²) in [6, 6.07) is 8.10. The van der Waals surface area contributed by atoms with Gasteiger partial charge in [0.1, 0.15) is 12.0 Å². The van der Waals surface area contributed by atoms with Crippen LogP contribution in [0.15, 0.2) is 41.1 Å². The van der Waals surface area contributed by atoms with Crippen molar-refractivity contribution in [2.45, 2.75) is 6.54 Å². The highest BCUT2D eigenvalue weighted by Gasteiger charge is 2.07. The minimum atomic E-state index is -0.290. The molecule has 0 fully saturated rings. The molecule has 0 saturated carbocycles. The second kappa shape index (κ2) is 4.48. The third-order valence-electron chi connectivity index (χ3n) is 2.06. The van der Waals surface area contributed by atoms with Crippen LogP contribution in [0.2, 0.25) is 0 Å². The number of benzene rings is 1. The lowest BCUT2D eigenvalue weighted by atomic mass is 10.2. The van der Waals surface area contributed by atoms with E-state index in [0.29, 0.717) is 6.54 Å². The van der Waals surface area contributed by atoms with Gasteiger partial charge in [-0.25, -0.2) is 0 Å². The molecule has 0 aliphatic heterocycles. The number of aromatic nitrogens is 1. The van der Waals surface area contributed by atoms with Crippen molar-refractivity contribution in [1.82, 2.24) is 10.5 Å². The summed E-state index contributed by atoms with van der Waals surface area (Å²) in [6.45, 7) is 0.381. The number of carbonyl (C=O) groups excluding carboxylic acids is 1. The van der Waals surface area contributed by atoms with Gasteiger partial charge in [0, 0.05) is 12.6 Å². The Morgan fingerprint density at radius 1 is 1.31 bits per heavy atom. The summed E-state index contributed by atoms with van der Waals surface area (Å²) in [4.78, 5) is 11.5. The maximum absolute atomic E-state index is 11.5. The van der Waals surface area contributed by atoms with E-state index < -0.39 is 0 Å². The van der Waals surface area contributed by atoms with E-state index in [-0.39, 0.29) is 17.4 Å². The summed E-state index contributed by atoms with van der Waals surface area (Å²) in [5.41, 5.74) is 1.15. The number of aromatic hydroxyl groups is 1. The fraction of sp³-hybridized carbons (Fsp3) is 0.0909. The van der Waals surface area contributed by atoms with Gasteiger partial charge >= 0.3 is 0 Å². The molecule has 0 aliphatic rings. The van der Waals surface area contributed by atoms with Crippen molar-refractivity contribution >= 4 is 5.91 Å². The lowest BCUT2D eigenvalue weighted by Gasteiger charge is -2.02. The molecule has 0 radical (unpaired) electrons. The van der Waals surface area contributed by atoms with E-state index in [9.17, 15) is 4.79 Å². The fourth-order valence-electron chi connectivity index (χ4n) is 1.22. The van der Waals surface area contributed by atoms with Gasteiger partial charge in [-0.15, -0.1) is 0 Å². The van der Waals surface area contributed by atoms with Crippen LogP contribution in [0.25, 0.3) is 0 Å². The first-order valence-corrected chi connectivity index (χ1v) is 4.72. The van der Waals surface area contributed by atoms with Gasteiger partial charge in [-0.2, -0.15) is 0 Å². The number of nitrogens with one attached hydrogen (secondary N) is 1. The number of phenols is 1. The molecule has 1 aromatic carbocycles. The average Bonchev–Trinajstić information content (AvgIpc) is 2.81. The molecule has 1 heterocycles. The molecule has 82 valence electrons. The first-order chi connectivity index (χ1) is 7.75. The molecule has 0 atom stereocenters. The van der Waals surface area contributed by atoms with Crippen molar-refractivity contribution in [3.63, 3.8) is 0 Å². The Bertz CT molecular complexity index is 462. The SMILES string of the molecule is O=C(NCc1ccc(O)cc1)c1ccon1. The molecule has 0 unspecified atom stereocenters. The van der Waals surface area contributed by atoms with Crippen LogP contribution in [0.3, 0.4) is 0 Å². The number of hydrogen-bond donors (Lipinski definition) is 2. The second-order valence-electron chi connectivity index (χ2n) is 3.23. The van der Waals surface area contributed by atoms with Crippen LogP contribution in [-0.4, -0.2) is 16.2 Å². The molecule has 0 aliphatic carbocycles. The minimum Gasteiger partial charge on any atom is -0.508 e. The van der Waals surface area contributed by atoms with Gasteiger partial charge in [0.25, 0.3) is 5.91 Å². The van der Waals surface area contributed by atoms with E-state index in [1.807, 2.05) is 0 Å². The van der Waals surface area contributed by atoms with Gasteiger partial charge in [0.15, 0.2) is 5.69 Å². The zero-order valence-electron chi connectivity index (χ0n) is 8.38. The lowest BCUT2D eigenvalue weighted by Crippen LogP contribution is -2.22. The summed E-state index contributed by atoms with van der Waals surface area (Å²) in [6.07, 6.45) is 1.34. The molecule has 0 saturated heterocycles. The summed E-state index contributed by atoms with van der Waals surface area (Å²) in [7, 11) is 0. The van der Waals surface area contributed by atoms with Gasteiger partial charge in [0.2, 0.25) is 0 Å². The second-order valence-corrected chi connectivity index (χ2v) is 3.23. The molecule has 5 heteroatoms. The Labute approximate surface area is 91.7 Å². The molecule has 1 amide bonds. The van der Waals surface area contributed by atoms with Crippen LogP contribution in [0.4, 0.5) is 0 Å². The zero-order chi connectivity index (χ0) is 11.4. The van der Waals surface area contributed by atoms with Crippen LogP contribution in [0.1, 0.15) is 16.1 Å². The van der Waals surface area contributed by atoms with Crippen molar-refractivity contribution in [1.29, 1.82) is 0 Å². The number of rotatable bonds is 3. The van der Waals surface area contributed by atoms with Crippen molar-refractivity contribution in [2.24, 2.45) is 0 Å². The maximum Gasteiger partial charge on any atom is 0.273 e. The molecule has 2 N–H and O–H groups in total. The van der Waals surface area contributed by atoms with Gasteiger partial charge < -0.3 is 14.9 Å².